The second-order valence-electron chi connectivity index (χ2n) is 7.73. The maximum atomic E-state index is 11.5. The van der Waals surface area contributed by atoms with Gasteiger partial charge in [-0.15, -0.1) is 0 Å². The van der Waals surface area contributed by atoms with E-state index in [-0.39, 0.29) is 11.8 Å². The third kappa shape index (κ3) is 8.96. The molecule has 0 saturated heterocycles. The monoisotopic (exact) mass is 345 g/mol. The molecule has 2 amide bonds. The van der Waals surface area contributed by atoms with Gasteiger partial charge in [0.2, 0.25) is 0 Å². The summed E-state index contributed by atoms with van der Waals surface area (Å²) < 4.78 is 0. The normalized spacial score (nSPS) is 13.4. The number of amides is 2. The highest BCUT2D eigenvalue weighted by atomic mass is 16.4. The van der Waals surface area contributed by atoms with Gasteiger partial charge in [-0.05, 0) is 58.2 Å². The standard InChI is InChI=1S/C17H35N3O4/c1-12(2)10-17(11-13(3)4,19-16(23)24)14(18-15(21)22)8-7-9-20(5)6/h12-14,18-19H,7-11H2,1-6H3,(H,21,22)(H,23,24)/t14-/m0/s1. The minimum absolute atomic E-state index is 0.238. The van der Waals surface area contributed by atoms with E-state index < -0.39 is 23.8 Å². The summed E-state index contributed by atoms with van der Waals surface area (Å²) in [6.45, 7) is 8.92. The number of carbonyl (C=O) groups is 2. The van der Waals surface area contributed by atoms with Crippen LogP contribution in [-0.2, 0) is 0 Å². The molecule has 0 heterocycles. The molecule has 0 bridgehead atoms. The molecule has 0 aromatic rings. The average Bonchev–Trinajstić information content (AvgIpc) is 2.33. The van der Waals surface area contributed by atoms with Crippen molar-refractivity contribution in [1.29, 1.82) is 0 Å². The molecule has 0 aliphatic heterocycles. The highest BCUT2D eigenvalue weighted by molar-refractivity contribution is 5.67. The van der Waals surface area contributed by atoms with Crippen LogP contribution in [0, 0.1) is 11.8 Å². The molecule has 0 aliphatic carbocycles. The van der Waals surface area contributed by atoms with Gasteiger partial charge in [0.05, 0.1) is 11.6 Å². The first-order valence-electron chi connectivity index (χ1n) is 8.63. The van der Waals surface area contributed by atoms with Crippen LogP contribution in [0.15, 0.2) is 0 Å². The number of hydrogen-bond acceptors (Lipinski definition) is 3. The summed E-state index contributed by atoms with van der Waals surface area (Å²) in [7, 11) is 3.93. The fourth-order valence-electron chi connectivity index (χ4n) is 3.47. The fourth-order valence-corrected chi connectivity index (χ4v) is 3.47. The van der Waals surface area contributed by atoms with Crippen molar-refractivity contribution in [2.75, 3.05) is 20.6 Å². The van der Waals surface area contributed by atoms with Crippen LogP contribution >= 0.6 is 0 Å². The Morgan fingerprint density at radius 2 is 1.50 bits per heavy atom. The van der Waals surface area contributed by atoms with Gasteiger partial charge in [0, 0.05) is 0 Å². The summed E-state index contributed by atoms with van der Waals surface area (Å²) >= 11 is 0. The van der Waals surface area contributed by atoms with Crippen LogP contribution in [0.25, 0.3) is 0 Å². The number of nitrogens with one attached hydrogen (secondary N) is 2. The largest absolute Gasteiger partial charge is 0.465 e. The van der Waals surface area contributed by atoms with Crippen LogP contribution in [0.1, 0.15) is 53.4 Å². The molecule has 0 spiro atoms. The van der Waals surface area contributed by atoms with Crippen molar-refractivity contribution in [3.63, 3.8) is 0 Å². The first kappa shape index (κ1) is 22.5. The molecule has 4 N–H and O–H groups in total. The number of carboxylic acid groups (broad SMARTS) is 2. The van der Waals surface area contributed by atoms with Gasteiger partial charge in [0.1, 0.15) is 0 Å². The molecule has 24 heavy (non-hydrogen) atoms. The van der Waals surface area contributed by atoms with Crippen LogP contribution in [0.4, 0.5) is 9.59 Å². The Balaban J connectivity index is 5.60. The van der Waals surface area contributed by atoms with E-state index in [1.165, 1.54) is 0 Å². The van der Waals surface area contributed by atoms with Crippen molar-refractivity contribution in [2.45, 2.75) is 65.0 Å². The third-order valence-electron chi connectivity index (χ3n) is 3.96. The Bertz CT molecular complexity index is 387. The van der Waals surface area contributed by atoms with Crippen LogP contribution in [0.5, 0.6) is 0 Å². The topological polar surface area (TPSA) is 102 Å². The lowest BCUT2D eigenvalue weighted by Gasteiger charge is -2.43. The molecule has 0 saturated carbocycles. The SMILES string of the molecule is CC(C)CC(CC(C)C)(NC(=O)O)[C@H](CCCN(C)C)NC(=O)O. The summed E-state index contributed by atoms with van der Waals surface area (Å²) in [4.78, 5) is 24.8. The Morgan fingerprint density at radius 3 is 1.83 bits per heavy atom. The molecule has 0 rings (SSSR count). The molecule has 0 aliphatic rings. The predicted octanol–water partition coefficient (Wildman–Crippen LogP) is 3.06. The smallest absolute Gasteiger partial charge is 0.405 e. The van der Waals surface area contributed by atoms with Crippen LogP contribution in [-0.4, -0.2) is 59.5 Å². The quantitative estimate of drug-likeness (QED) is 0.461. The van der Waals surface area contributed by atoms with Crippen molar-refractivity contribution in [3.05, 3.63) is 0 Å². The summed E-state index contributed by atoms with van der Waals surface area (Å²) in [5.41, 5.74) is -0.807. The Morgan fingerprint density at radius 1 is 1.00 bits per heavy atom. The maximum Gasteiger partial charge on any atom is 0.405 e. The average molecular weight is 345 g/mol. The zero-order valence-electron chi connectivity index (χ0n) is 15.9. The molecule has 7 heteroatoms. The summed E-state index contributed by atoms with van der Waals surface area (Å²) in [5, 5.41) is 23.9. The van der Waals surface area contributed by atoms with E-state index in [4.69, 9.17) is 0 Å². The predicted molar refractivity (Wildman–Crippen MR) is 95.5 cm³/mol. The molecule has 0 aromatic carbocycles. The van der Waals surface area contributed by atoms with E-state index in [0.717, 1.165) is 13.0 Å². The molecular formula is C17H35N3O4. The van der Waals surface area contributed by atoms with Crippen molar-refractivity contribution >= 4 is 12.2 Å². The van der Waals surface area contributed by atoms with E-state index in [9.17, 15) is 19.8 Å². The Labute approximate surface area is 145 Å². The first-order valence-corrected chi connectivity index (χ1v) is 8.63. The van der Waals surface area contributed by atoms with Gasteiger partial charge in [0.15, 0.2) is 0 Å². The highest BCUT2D eigenvalue weighted by Crippen LogP contribution is 2.31. The highest BCUT2D eigenvalue weighted by Gasteiger charge is 2.41. The molecule has 0 unspecified atom stereocenters. The van der Waals surface area contributed by atoms with Crippen LogP contribution in [0.3, 0.4) is 0 Å². The Kier molecular flexibility index (Phi) is 9.73. The molecule has 0 radical (unpaired) electrons. The number of rotatable bonds is 11. The van der Waals surface area contributed by atoms with Gasteiger partial charge in [-0.3, -0.25) is 0 Å². The maximum absolute atomic E-state index is 11.5. The molecule has 1 atom stereocenters. The summed E-state index contributed by atoms with van der Waals surface area (Å²) in [6.07, 6.45) is 0.325. The van der Waals surface area contributed by atoms with Crippen LogP contribution < -0.4 is 10.6 Å². The van der Waals surface area contributed by atoms with Crippen molar-refractivity contribution in [2.24, 2.45) is 11.8 Å². The molecular weight excluding hydrogens is 310 g/mol. The zero-order chi connectivity index (χ0) is 18.9. The minimum Gasteiger partial charge on any atom is -0.465 e. The number of nitrogens with zero attached hydrogens (tertiary/aromatic N) is 1. The van der Waals surface area contributed by atoms with E-state index in [2.05, 4.69) is 10.6 Å². The second kappa shape index (κ2) is 10.4. The molecule has 0 aromatic heterocycles. The van der Waals surface area contributed by atoms with Crippen molar-refractivity contribution < 1.29 is 19.8 Å². The molecule has 142 valence electrons. The lowest BCUT2D eigenvalue weighted by Crippen LogP contribution is -2.63. The van der Waals surface area contributed by atoms with Crippen LogP contribution in [0.2, 0.25) is 0 Å². The Hall–Kier alpha value is -1.50. The van der Waals surface area contributed by atoms with Gasteiger partial charge < -0.3 is 25.7 Å². The fraction of sp³-hybridized carbons (Fsp3) is 0.882. The lowest BCUT2D eigenvalue weighted by molar-refractivity contribution is 0.121. The first-order chi connectivity index (χ1) is 11.0. The van der Waals surface area contributed by atoms with Crippen molar-refractivity contribution in [1.82, 2.24) is 15.5 Å². The third-order valence-corrected chi connectivity index (χ3v) is 3.96. The second-order valence-corrected chi connectivity index (χ2v) is 7.73. The van der Waals surface area contributed by atoms with Crippen molar-refractivity contribution in [3.8, 4) is 0 Å². The molecule has 7 nitrogen and oxygen atoms in total. The van der Waals surface area contributed by atoms with E-state index in [0.29, 0.717) is 19.3 Å². The zero-order valence-corrected chi connectivity index (χ0v) is 15.9. The summed E-state index contributed by atoms with van der Waals surface area (Å²) in [6, 6.07) is -0.462. The molecule has 0 fully saturated rings. The van der Waals surface area contributed by atoms with Gasteiger partial charge in [-0.25, -0.2) is 9.59 Å². The van der Waals surface area contributed by atoms with Gasteiger partial charge in [-0.1, -0.05) is 27.7 Å². The van der Waals surface area contributed by atoms with E-state index >= 15 is 0 Å². The summed E-state index contributed by atoms with van der Waals surface area (Å²) in [5.74, 6) is 0.477. The van der Waals surface area contributed by atoms with Gasteiger partial charge in [-0.2, -0.15) is 0 Å². The van der Waals surface area contributed by atoms with E-state index in [1.54, 1.807) is 0 Å². The van der Waals surface area contributed by atoms with E-state index in [1.807, 2.05) is 46.7 Å². The lowest BCUT2D eigenvalue weighted by atomic mass is 9.75. The minimum atomic E-state index is -1.12. The van der Waals surface area contributed by atoms with Gasteiger partial charge >= 0.3 is 12.2 Å². The van der Waals surface area contributed by atoms with Gasteiger partial charge in [0.25, 0.3) is 0 Å². The number of hydrogen-bond donors (Lipinski definition) is 4.